The van der Waals surface area contributed by atoms with Crippen LogP contribution in [0.3, 0.4) is 0 Å². The summed E-state index contributed by atoms with van der Waals surface area (Å²) < 4.78 is 11.3. The van der Waals surface area contributed by atoms with E-state index in [9.17, 15) is 0 Å². The number of rotatable bonds is 18. The van der Waals surface area contributed by atoms with Crippen molar-refractivity contribution in [1.82, 2.24) is 15.1 Å². The van der Waals surface area contributed by atoms with Gasteiger partial charge in [-0.15, -0.1) is 0 Å². The number of nitrogens with one attached hydrogen (secondary N) is 1. The lowest BCUT2D eigenvalue weighted by molar-refractivity contribution is 0.102. The highest BCUT2D eigenvalue weighted by atomic mass is 16.5. The molecule has 23 heavy (non-hydrogen) atoms. The topological polar surface area (TPSA) is 37.0 Å². The van der Waals surface area contributed by atoms with Crippen LogP contribution in [-0.4, -0.2) is 88.6 Å². The van der Waals surface area contributed by atoms with E-state index >= 15 is 0 Å². The second-order valence-corrected chi connectivity index (χ2v) is 5.74. The summed E-state index contributed by atoms with van der Waals surface area (Å²) in [5.41, 5.74) is 0. The average Bonchev–Trinajstić information content (AvgIpc) is 2.59. The molecule has 0 radical (unpaired) electrons. The van der Waals surface area contributed by atoms with Crippen LogP contribution >= 0.6 is 0 Å². The smallest absolute Gasteiger partial charge is 0.0593 e. The maximum Gasteiger partial charge on any atom is 0.0593 e. The van der Waals surface area contributed by atoms with Gasteiger partial charge in [0.2, 0.25) is 0 Å². The molecule has 0 saturated carbocycles. The van der Waals surface area contributed by atoms with E-state index in [-0.39, 0.29) is 0 Å². The molecule has 0 aromatic rings. The molecule has 0 aromatic carbocycles. The Kier molecular flexibility index (Phi) is 18.0. The highest BCUT2D eigenvalue weighted by Crippen LogP contribution is 1.90. The van der Waals surface area contributed by atoms with Crippen LogP contribution in [0.25, 0.3) is 0 Å². The van der Waals surface area contributed by atoms with Crippen molar-refractivity contribution >= 4 is 0 Å². The van der Waals surface area contributed by atoms with Gasteiger partial charge in [0.05, 0.1) is 13.2 Å². The number of hydrogen-bond acceptors (Lipinski definition) is 5. The van der Waals surface area contributed by atoms with Crippen molar-refractivity contribution in [1.29, 1.82) is 0 Å². The Hall–Kier alpha value is -0.200. The van der Waals surface area contributed by atoms with Gasteiger partial charge in [-0.3, -0.25) is 0 Å². The maximum absolute atomic E-state index is 5.66. The molecule has 0 aliphatic heterocycles. The van der Waals surface area contributed by atoms with E-state index < -0.39 is 0 Å². The monoisotopic (exact) mass is 331 g/mol. The van der Waals surface area contributed by atoms with Crippen molar-refractivity contribution in [3.05, 3.63) is 0 Å². The van der Waals surface area contributed by atoms with E-state index in [1.54, 1.807) is 0 Å². The highest BCUT2D eigenvalue weighted by molar-refractivity contribution is 4.53. The van der Waals surface area contributed by atoms with Crippen LogP contribution in [0.4, 0.5) is 0 Å². The summed E-state index contributed by atoms with van der Waals surface area (Å²) in [6.07, 6.45) is 2.17. The second-order valence-electron chi connectivity index (χ2n) is 5.74. The summed E-state index contributed by atoms with van der Waals surface area (Å²) in [6.45, 7) is 20.8. The molecule has 0 unspecified atom stereocenters. The Morgan fingerprint density at radius 3 is 1.35 bits per heavy atom. The summed E-state index contributed by atoms with van der Waals surface area (Å²) in [5, 5.41) is 3.45. The van der Waals surface area contributed by atoms with Crippen LogP contribution in [-0.2, 0) is 9.47 Å². The zero-order chi connectivity index (χ0) is 17.2. The third-order valence-corrected chi connectivity index (χ3v) is 4.18. The standard InChI is InChI=1S/C18H41N3O2/c1-5-20(6-2)13-17-22-15-9-11-19-12-10-16-23-18-14-21(7-3)8-4/h19H,5-18H2,1-4H3. The first-order valence-corrected chi connectivity index (χ1v) is 9.59. The summed E-state index contributed by atoms with van der Waals surface area (Å²) in [6, 6.07) is 0. The van der Waals surface area contributed by atoms with Gasteiger partial charge in [0.15, 0.2) is 0 Å². The van der Waals surface area contributed by atoms with Crippen LogP contribution in [0, 0.1) is 0 Å². The summed E-state index contributed by atoms with van der Waals surface area (Å²) in [7, 11) is 0. The lowest BCUT2D eigenvalue weighted by atomic mass is 10.4. The molecular formula is C18H41N3O2. The molecule has 0 aliphatic rings. The van der Waals surface area contributed by atoms with Crippen molar-refractivity contribution in [3.8, 4) is 0 Å². The quantitative estimate of drug-likeness (QED) is 0.389. The van der Waals surface area contributed by atoms with Crippen molar-refractivity contribution in [3.63, 3.8) is 0 Å². The molecule has 5 heteroatoms. The Bertz CT molecular complexity index is 200. The minimum atomic E-state index is 0.849. The summed E-state index contributed by atoms with van der Waals surface area (Å²) in [4.78, 5) is 4.77. The molecule has 0 bridgehead atoms. The fraction of sp³-hybridized carbons (Fsp3) is 1.00. The summed E-state index contributed by atoms with van der Waals surface area (Å²) >= 11 is 0. The van der Waals surface area contributed by atoms with E-state index in [1.165, 1.54) is 0 Å². The van der Waals surface area contributed by atoms with Gasteiger partial charge in [-0.05, 0) is 52.1 Å². The van der Waals surface area contributed by atoms with Crippen LogP contribution in [0.2, 0.25) is 0 Å². The van der Waals surface area contributed by atoms with Crippen LogP contribution in [0.5, 0.6) is 0 Å². The zero-order valence-corrected chi connectivity index (χ0v) is 16.1. The zero-order valence-electron chi connectivity index (χ0n) is 16.1. The SMILES string of the molecule is CCN(CC)CCOCCCNCCCOCCN(CC)CC. The van der Waals surface area contributed by atoms with E-state index in [0.717, 1.165) is 91.6 Å². The number of ether oxygens (including phenoxy) is 2. The number of likely N-dealkylation sites (N-methyl/N-ethyl adjacent to an activating group) is 2. The molecule has 5 nitrogen and oxygen atoms in total. The van der Waals surface area contributed by atoms with Crippen LogP contribution in [0.1, 0.15) is 40.5 Å². The Morgan fingerprint density at radius 1 is 0.609 bits per heavy atom. The first kappa shape index (κ1) is 22.8. The lowest BCUT2D eigenvalue weighted by Gasteiger charge is -2.17. The predicted octanol–water partition coefficient (Wildman–Crippen LogP) is 2.07. The van der Waals surface area contributed by atoms with E-state index in [0.29, 0.717) is 0 Å². The summed E-state index contributed by atoms with van der Waals surface area (Å²) in [5.74, 6) is 0. The number of hydrogen-bond donors (Lipinski definition) is 1. The minimum absolute atomic E-state index is 0.849. The predicted molar refractivity (Wildman–Crippen MR) is 99.3 cm³/mol. The van der Waals surface area contributed by atoms with Gasteiger partial charge in [-0.1, -0.05) is 27.7 Å². The van der Waals surface area contributed by atoms with Gasteiger partial charge in [0.25, 0.3) is 0 Å². The van der Waals surface area contributed by atoms with Gasteiger partial charge in [-0.25, -0.2) is 0 Å². The first-order valence-electron chi connectivity index (χ1n) is 9.59. The van der Waals surface area contributed by atoms with E-state index in [1.807, 2.05) is 0 Å². The van der Waals surface area contributed by atoms with Gasteiger partial charge in [0.1, 0.15) is 0 Å². The lowest BCUT2D eigenvalue weighted by Crippen LogP contribution is -2.27. The molecule has 1 N–H and O–H groups in total. The fourth-order valence-electron chi connectivity index (χ4n) is 2.39. The van der Waals surface area contributed by atoms with Crippen molar-refractivity contribution in [2.24, 2.45) is 0 Å². The van der Waals surface area contributed by atoms with E-state index in [4.69, 9.17) is 9.47 Å². The second kappa shape index (κ2) is 18.1. The molecule has 0 amide bonds. The Balaban J connectivity index is 3.13. The van der Waals surface area contributed by atoms with Crippen LogP contribution in [0.15, 0.2) is 0 Å². The Labute approximate surface area is 144 Å². The normalized spacial score (nSPS) is 11.7. The molecule has 0 fully saturated rings. The molecule has 0 spiro atoms. The highest BCUT2D eigenvalue weighted by Gasteiger charge is 1.99. The molecule has 0 heterocycles. The average molecular weight is 332 g/mol. The first-order chi connectivity index (χ1) is 11.3. The largest absolute Gasteiger partial charge is 0.380 e. The van der Waals surface area contributed by atoms with E-state index in [2.05, 4.69) is 42.8 Å². The van der Waals surface area contributed by atoms with Crippen LogP contribution < -0.4 is 5.32 Å². The van der Waals surface area contributed by atoms with Crippen molar-refractivity contribution in [2.75, 3.05) is 78.8 Å². The fourth-order valence-corrected chi connectivity index (χ4v) is 2.39. The molecule has 140 valence electrons. The molecule has 0 atom stereocenters. The van der Waals surface area contributed by atoms with Crippen molar-refractivity contribution in [2.45, 2.75) is 40.5 Å². The third kappa shape index (κ3) is 15.1. The third-order valence-electron chi connectivity index (χ3n) is 4.18. The van der Waals surface area contributed by atoms with Gasteiger partial charge in [-0.2, -0.15) is 0 Å². The van der Waals surface area contributed by atoms with Crippen molar-refractivity contribution < 1.29 is 9.47 Å². The molecule has 0 aromatic heterocycles. The van der Waals surface area contributed by atoms with Gasteiger partial charge >= 0.3 is 0 Å². The number of nitrogens with zero attached hydrogens (tertiary/aromatic N) is 2. The maximum atomic E-state index is 5.66. The molecule has 0 aliphatic carbocycles. The molecule has 0 rings (SSSR count). The molecule has 0 saturated heterocycles. The van der Waals surface area contributed by atoms with Gasteiger partial charge in [0, 0.05) is 26.3 Å². The van der Waals surface area contributed by atoms with Gasteiger partial charge < -0.3 is 24.6 Å². The Morgan fingerprint density at radius 2 is 1.00 bits per heavy atom. The minimum Gasteiger partial charge on any atom is -0.380 e. The molecular weight excluding hydrogens is 290 g/mol.